The first kappa shape index (κ1) is 16.6. The van der Waals surface area contributed by atoms with E-state index in [-0.39, 0.29) is 0 Å². The maximum atomic E-state index is 4.62. The monoisotopic (exact) mass is 303 g/mol. The van der Waals surface area contributed by atoms with Crippen LogP contribution in [-0.2, 0) is 6.54 Å². The van der Waals surface area contributed by atoms with Crippen molar-refractivity contribution >= 4 is 11.8 Å². The smallest absolute Gasteiger partial charge is 0.191 e. The lowest BCUT2D eigenvalue weighted by Crippen LogP contribution is -2.39. The van der Waals surface area contributed by atoms with Gasteiger partial charge in [-0.1, -0.05) is 19.9 Å². The predicted octanol–water partition coefficient (Wildman–Crippen LogP) is 2.39. The van der Waals surface area contributed by atoms with Crippen LogP contribution >= 0.6 is 0 Å². The van der Waals surface area contributed by atoms with Crippen molar-refractivity contribution in [3.63, 3.8) is 0 Å². The van der Waals surface area contributed by atoms with Crippen LogP contribution in [0.15, 0.2) is 23.3 Å². The van der Waals surface area contributed by atoms with Crippen LogP contribution in [0.2, 0.25) is 0 Å². The third-order valence-electron chi connectivity index (χ3n) is 3.68. The molecular weight excluding hydrogens is 274 g/mol. The molecular formula is C17H29N5. The van der Waals surface area contributed by atoms with Gasteiger partial charge in [0.15, 0.2) is 5.96 Å². The van der Waals surface area contributed by atoms with Gasteiger partial charge in [-0.05, 0) is 37.3 Å². The number of rotatable bonds is 6. The first-order valence-electron chi connectivity index (χ1n) is 8.41. The van der Waals surface area contributed by atoms with Crippen LogP contribution < -0.4 is 15.5 Å². The molecule has 2 heterocycles. The summed E-state index contributed by atoms with van der Waals surface area (Å²) < 4.78 is 0. The fourth-order valence-electron chi connectivity index (χ4n) is 2.46. The van der Waals surface area contributed by atoms with Crippen LogP contribution in [0, 0.1) is 5.92 Å². The summed E-state index contributed by atoms with van der Waals surface area (Å²) in [6.07, 6.45) is 4.51. The van der Waals surface area contributed by atoms with E-state index in [4.69, 9.17) is 0 Å². The average molecular weight is 303 g/mol. The van der Waals surface area contributed by atoms with Gasteiger partial charge in [-0.25, -0.2) is 9.98 Å². The minimum absolute atomic E-state index is 0.602. The van der Waals surface area contributed by atoms with E-state index in [0.29, 0.717) is 12.5 Å². The first-order valence-corrected chi connectivity index (χ1v) is 8.41. The molecule has 0 atom stereocenters. The van der Waals surface area contributed by atoms with Crippen LogP contribution in [0.1, 0.15) is 39.2 Å². The number of hydrogen-bond donors (Lipinski definition) is 2. The third kappa shape index (κ3) is 5.20. The van der Waals surface area contributed by atoms with E-state index in [0.717, 1.165) is 43.5 Å². The molecule has 5 nitrogen and oxygen atoms in total. The second-order valence-corrected chi connectivity index (χ2v) is 6.19. The predicted molar refractivity (Wildman–Crippen MR) is 93.3 cm³/mol. The van der Waals surface area contributed by atoms with Gasteiger partial charge < -0.3 is 15.5 Å². The van der Waals surface area contributed by atoms with Crippen molar-refractivity contribution < 1.29 is 0 Å². The number of aliphatic imine (C=N–C) groups is 1. The normalized spacial score (nSPS) is 15.5. The van der Waals surface area contributed by atoms with Crippen molar-refractivity contribution in [2.75, 3.05) is 31.1 Å². The van der Waals surface area contributed by atoms with E-state index < -0.39 is 0 Å². The van der Waals surface area contributed by atoms with Gasteiger partial charge in [0.25, 0.3) is 0 Å². The van der Waals surface area contributed by atoms with Gasteiger partial charge in [0.05, 0.1) is 6.54 Å². The molecule has 1 aliphatic heterocycles. The molecule has 1 aliphatic rings. The molecule has 0 radical (unpaired) electrons. The number of aromatic nitrogens is 1. The molecule has 2 N–H and O–H groups in total. The third-order valence-corrected chi connectivity index (χ3v) is 3.68. The van der Waals surface area contributed by atoms with Crippen molar-refractivity contribution in [1.82, 2.24) is 15.6 Å². The molecule has 0 bridgehead atoms. The molecule has 1 aromatic heterocycles. The second kappa shape index (κ2) is 8.61. The standard InChI is InChI=1S/C17H29N5/c1-4-18-17(20-11-14(2)3)21-13-15-7-8-16(19-12-15)22-9-5-6-10-22/h7-8,12,14H,4-6,9-11,13H2,1-3H3,(H2,18,20,21). The van der Waals surface area contributed by atoms with Crippen molar-refractivity contribution in [2.45, 2.75) is 40.2 Å². The lowest BCUT2D eigenvalue weighted by molar-refractivity contribution is 0.615. The highest BCUT2D eigenvalue weighted by molar-refractivity contribution is 5.79. The lowest BCUT2D eigenvalue weighted by atomic mass is 10.2. The van der Waals surface area contributed by atoms with Crippen LogP contribution in [0.4, 0.5) is 5.82 Å². The average Bonchev–Trinajstić information content (AvgIpc) is 3.05. The highest BCUT2D eigenvalue weighted by Gasteiger charge is 2.12. The molecule has 1 aromatic rings. The van der Waals surface area contributed by atoms with Gasteiger partial charge in [-0.2, -0.15) is 0 Å². The summed E-state index contributed by atoms with van der Waals surface area (Å²) in [7, 11) is 0. The van der Waals surface area contributed by atoms with E-state index in [1.807, 2.05) is 6.20 Å². The molecule has 0 saturated carbocycles. The molecule has 0 aromatic carbocycles. The van der Waals surface area contributed by atoms with Gasteiger partial charge in [0, 0.05) is 32.4 Å². The Bertz CT molecular complexity index is 460. The maximum absolute atomic E-state index is 4.62. The Hall–Kier alpha value is -1.78. The topological polar surface area (TPSA) is 52.6 Å². The van der Waals surface area contributed by atoms with Crippen LogP contribution in [0.3, 0.4) is 0 Å². The molecule has 0 aliphatic carbocycles. The second-order valence-electron chi connectivity index (χ2n) is 6.19. The van der Waals surface area contributed by atoms with Crippen LogP contribution in [0.5, 0.6) is 0 Å². The first-order chi connectivity index (χ1) is 10.7. The minimum Gasteiger partial charge on any atom is -0.357 e. The van der Waals surface area contributed by atoms with Gasteiger partial charge in [0.1, 0.15) is 5.82 Å². The lowest BCUT2D eigenvalue weighted by Gasteiger charge is -2.16. The van der Waals surface area contributed by atoms with Gasteiger partial charge >= 0.3 is 0 Å². The Kier molecular flexibility index (Phi) is 6.49. The fourth-order valence-corrected chi connectivity index (χ4v) is 2.46. The zero-order chi connectivity index (χ0) is 15.8. The Labute approximate surface area is 134 Å². The van der Waals surface area contributed by atoms with Crippen molar-refractivity contribution in [3.8, 4) is 0 Å². The SMILES string of the molecule is CCNC(=NCc1ccc(N2CCCC2)nc1)NCC(C)C. The molecule has 122 valence electrons. The Morgan fingerprint density at radius 3 is 2.64 bits per heavy atom. The van der Waals surface area contributed by atoms with Gasteiger partial charge in [0.2, 0.25) is 0 Å². The molecule has 0 unspecified atom stereocenters. The number of anilines is 1. The number of guanidine groups is 1. The van der Waals surface area contributed by atoms with E-state index in [9.17, 15) is 0 Å². The molecule has 22 heavy (non-hydrogen) atoms. The molecule has 0 amide bonds. The van der Waals surface area contributed by atoms with E-state index >= 15 is 0 Å². The van der Waals surface area contributed by atoms with Gasteiger partial charge in [-0.15, -0.1) is 0 Å². The van der Waals surface area contributed by atoms with Crippen LogP contribution in [-0.4, -0.2) is 37.1 Å². The zero-order valence-electron chi connectivity index (χ0n) is 14.1. The quantitative estimate of drug-likeness (QED) is 0.626. The summed E-state index contributed by atoms with van der Waals surface area (Å²) in [4.78, 5) is 11.5. The summed E-state index contributed by atoms with van der Waals surface area (Å²) in [5, 5.41) is 6.63. The molecule has 5 heteroatoms. The summed E-state index contributed by atoms with van der Waals surface area (Å²) in [6.45, 7) is 11.2. The summed E-state index contributed by atoms with van der Waals surface area (Å²) in [5.41, 5.74) is 1.14. The molecule has 2 rings (SSSR count). The summed E-state index contributed by atoms with van der Waals surface area (Å²) >= 11 is 0. The van der Waals surface area contributed by atoms with Crippen LogP contribution in [0.25, 0.3) is 0 Å². The number of hydrogen-bond acceptors (Lipinski definition) is 3. The van der Waals surface area contributed by atoms with Gasteiger partial charge in [-0.3, -0.25) is 0 Å². The highest BCUT2D eigenvalue weighted by atomic mass is 15.2. The van der Waals surface area contributed by atoms with E-state index in [1.165, 1.54) is 12.8 Å². The Balaban J connectivity index is 1.91. The zero-order valence-corrected chi connectivity index (χ0v) is 14.1. The Morgan fingerprint density at radius 2 is 2.05 bits per heavy atom. The molecule has 0 spiro atoms. The summed E-state index contributed by atoms with van der Waals surface area (Å²) in [6, 6.07) is 4.25. The molecule has 1 saturated heterocycles. The molecule has 1 fully saturated rings. The van der Waals surface area contributed by atoms with Crippen molar-refractivity contribution in [1.29, 1.82) is 0 Å². The minimum atomic E-state index is 0.602. The number of nitrogens with one attached hydrogen (secondary N) is 2. The summed E-state index contributed by atoms with van der Waals surface area (Å²) in [5.74, 6) is 2.57. The highest BCUT2D eigenvalue weighted by Crippen LogP contribution is 2.17. The number of pyridine rings is 1. The number of nitrogens with zero attached hydrogens (tertiary/aromatic N) is 3. The van der Waals surface area contributed by atoms with E-state index in [2.05, 4.69) is 58.4 Å². The largest absolute Gasteiger partial charge is 0.357 e. The van der Waals surface area contributed by atoms with E-state index in [1.54, 1.807) is 0 Å². The fraction of sp³-hybridized carbons (Fsp3) is 0.647. The Morgan fingerprint density at radius 1 is 1.27 bits per heavy atom. The van der Waals surface area contributed by atoms with Crippen molar-refractivity contribution in [3.05, 3.63) is 23.9 Å². The van der Waals surface area contributed by atoms with Crippen molar-refractivity contribution in [2.24, 2.45) is 10.9 Å². The maximum Gasteiger partial charge on any atom is 0.191 e.